The fourth-order valence-corrected chi connectivity index (χ4v) is 1.65. The van der Waals surface area contributed by atoms with Gasteiger partial charge in [0.2, 0.25) is 0 Å². The van der Waals surface area contributed by atoms with Crippen LogP contribution in [0, 0.1) is 11.8 Å². The largest absolute Gasteiger partial charge is 0.316 e. The SMILES string of the molecule is C1C[C@H](C2CC2)CN1. The highest BCUT2D eigenvalue weighted by atomic mass is 14.9. The third-order valence-corrected chi connectivity index (χ3v) is 2.39. The molecule has 2 fully saturated rings. The highest BCUT2D eigenvalue weighted by molar-refractivity contribution is 4.85. The topological polar surface area (TPSA) is 12.0 Å². The van der Waals surface area contributed by atoms with Crippen LogP contribution >= 0.6 is 0 Å². The van der Waals surface area contributed by atoms with Gasteiger partial charge in [-0.15, -0.1) is 0 Å². The van der Waals surface area contributed by atoms with E-state index in [1.165, 1.54) is 32.4 Å². The lowest BCUT2D eigenvalue weighted by atomic mass is 10.0. The Hall–Kier alpha value is -0.0400. The average molecular weight is 111 g/mol. The molecular formula is C7H13N. The summed E-state index contributed by atoms with van der Waals surface area (Å²) in [5.74, 6) is 2.19. The Morgan fingerprint density at radius 1 is 1.00 bits per heavy atom. The molecule has 1 heterocycles. The van der Waals surface area contributed by atoms with Gasteiger partial charge in [-0.1, -0.05) is 0 Å². The van der Waals surface area contributed by atoms with E-state index < -0.39 is 0 Å². The molecule has 46 valence electrons. The Kier molecular flexibility index (Phi) is 1.04. The van der Waals surface area contributed by atoms with Crippen molar-refractivity contribution in [2.45, 2.75) is 19.3 Å². The van der Waals surface area contributed by atoms with Crippen LogP contribution in [0.15, 0.2) is 0 Å². The fraction of sp³-hybridized carbons (Fsp3) is 1.00. The van der Waals surface area contributed by atoms with E-state index in [2.05, 4.69) is 5.32 Å². The van der Waals surface area contributed by atoms with E-state index in [1.54, 1.807) is 0 Å². The number of hydrogen-bond acceptors (Lipinski definition) is 1. The van der Waals surface area contributed by atoms with E-state index in [4.69, 9.17) is 0 Å². The predicted molar refractivity (Wildman–Crippen MR) is 33.7 cm³/mol. The van der Waals surface area contributed by atoms with Gasteiger partial charge in [-0.25, -0.2) is 0 Å². The maximum absolute atomic E-state index is 3.39. The first-order chi connectivity index (χ1) is 3.97. The molecule has 1 atom stereocenters. The standard InChI is InChI=1S/C7H13N/c1-2-6(1)7-3-4-8-5-7/h6-8H,1-5H2/t7-/m0/s1. The van der Waals surface area contributed by atoms with Crippen molar-refractivity contribution in [2.24, 2.45) is 11.8 Å². The third-order valence-electron chi connectivity index (χ3n) is 2.39. The van der Waals surface area contributed by atoms with Gasteiger partial charge in [-0.3, -0.25) is 0 Å². The zero-order valence-electron chi connectivity index (χ0n) is 5.19. The highest BCUT2D eigenvalue weighted by Gasteiger charge is 2.32. The van der Waals surface area contributed by atoms with Gasteiger partial charge in [0, 0.05) is 0 Å². The summed E-state index contributed by atoms with van der Waals surface area (Å²) >= 11 is 0. The smallest absolute Gasteiger partial charge is 0.00174 e. The molecule has 0 radical (unpaired) electrons. The van der Waals surface area contributed by atoms with E-state index in [0.29, 0.717) is 0 Å². The molecule has 1 heteroatoms. The van der Waals surface area contributed by atoms with E-state index in [9.17, 15) is 0 Å². The Bertz CT molecular complexity index is 80.4. The third kappa shape index (κ3) is 0.752. The minimum atomic E-state index is 1.06. The van der Waals surface area contributed by atoms with Crippen LogP contribution in [0.2, 0.25) is 0 Å². The van der Waals surface area contributed by atoms with Gasteiger partial charge < -0.3 is 5.32 Å². The predicted octanol–water partition coefficient (Wildman–Crippen LogP) is 1.01. The molecule has 0 unspecified atom stereocenters. The first-order valence-electron chi connectivity index (χ1n) is 3.67. The second kappa shape index (κ2) is 1.73. The van der Waals surface area contributed by atoms with Crippen LogP contribution in [0.1, 0.15) is 19.3 Å². The number of nitrogens with one attached hydrogen (secondary N) is 1. The quantitative estimate of drug-likeness (QED) is 0.532. The Balaban J connectivity index is 1.86. The van der Waals surface area contributed by atoms with Gasteiger partial charge in [0.1, 0.15) is 0 Å². The van der Waals surface area contributed by atoms with Crippen molar-refractivity contribution in [1.29, 1.82) is 0 Å². The van der Waals surface area contributed by atoms with E-state index in [-0.39, 0.29) is 0 Å². The summed E-state index contributed by atoms with van der Waals surface area (Å²) in [6.07, 6.45) is 4.49. The summed E-state index contributed by atoms with van der Waals surface area (Å²) in [4.78, 5) is 0. The number of rotatable bonds is 1. The van der Waals surface area contributed by atoms with Gasteiger partial charge in [0.05, 0.1) is 0 Å². The maximum Gasteiger partial charge on any atom is -0.00174 e. The van der Waals surface area contributed by atoms with Crippen molar-refractivity contribution in [3.63, 3.8) is 0 Å². The molecule has 0 bridgehead atoms. The maximum atomic E-state index is 3.39. The van der Waals surface area contributed by atoms with Crippen LogP contribution in [0.5, 0.6) is 0 Å². The van der Waals surface area contributed by atoms with Gasteiger partial charge in [0.15, 0.2) is 0 Å². The van der Waals surface area contributed by atoms with Crippen LogP contribution in [0.25, 0.3) is 0 Å². The zero-order chi connectivity index (χ0) is 5.40. The molecule has 0 spiro atoms. The van der Waals surface area contributed by atoms with E-state index in [0.717, 1.165) is 11.8 Å². The second-order valence-electron chi connectivity index (χ2n) is 3.09. The molecular weight excluding hydrogens is 98.1 g/mol. The van der Waals surface area contributed by atoms with Crippen LogP contribution in [-0.4, -0.2) is 13.1 Å². The lowest BCUT2D eigenvalue weighted by Gasteiger charge is -2.01. The molecule has 2 aliphatic rings. The highest BCUT2D eigenvalue weighted by Crippen LogP contribution is 2.39. The normalized spacial score (nSPS) is 38.2. The first-order valence-corrected chi connectivity index (χ1v) is 3.67. The monoisotopic (exact) mass is 111 g/mol. The zero-order valence-corrected chi connectivity index (χ0v) is 5.19. The molecule has 0 aromatic heterocycles. The second-order valence-corrected chi connectivity index (χ2v) is 3.09. The molecule has 0 aromatic rings. The van der Waals surface area contributed by atoms with Gasteiger partial charge >= 0.3 is 0 Å². The summed E-state index contributed by atoms with van der Waals surface area (Å²) in [6, 6.07) is 0. The molecule has 1 nitrogen and oxygen atoms in total. The van der Waals surface area contributed by atoms with Gasteiger partial charge in [-0.2, -0.15) is 0 Å². The lowest BCUT2D eigenvalue weighted by Crippen LogP contribution is -2.09. The summed E-state index contributed by atoms with van der Waals surface area (Å²) in [5.41, 5.74) is 0. The summed E-state index contributed by atoms with van der Waals surface area (Å²) in [6.45, 7) is 2.59. The molecule has 1 aliphatic heterocycles. The fourth-order valence-electron chi connectivity index (χ4n) is 1.65. The van der Waals surface area contributed by atoms with Crippen LogP contribution in [0.4, 0.5) is 0 Å². The summed E-state index contributed by atoms with van der Waals surface area (Å²) in [5, 5.41) is 3.39. The van der Waals surface area contributed by atoms with Gasteiger partial charge in [-0.05, 0) is 44.2 Å². The van der Waals surface area contributed by atoms with Crippen LogP contribution < -0.4 is 5.32 Å². The Morgan fingerprint density at radius 2 is 1.88 bits per heavy atom. The molecule has 0 aromatic carbocycles. The molecule has 1 aliphatic carbocycles. The van der Waals surface area contributed by atoms with Crippen molar-refractivity contribution in [2.75, 3.05) is 13.1 Å². The molecule has 0 amide bonds. The van der Waals surface area contributed by atoms with Crippen molar-refractivity contribution in [3.8, 4) is 0 Å². The molecule has 2 rings (SSSR count). The summed E-state index contributed by atoms with van der Waals surface area (Å²) < 4.78 is 0. The molecule has 1 N–H and O–H groups in total. The molecule has 1 saturated carbocycles. The summed E-state index contributed by atoms with van der Waals surface area (Å²) in [7, 11) is 0. The van der Waals surface area contributed by atoms with Crippen molar-refractivity contribution in [3.05, 3.63) is 0 Å². The molecule has 8 heavy (non-hydrogen) atoms. The van der Waals surface area contributed by atoms with Crippen LogP contribution in [-0.2, 0) is 0 Å². The van der Waals surface area contributed by atoms with Crippen LogP contribution in [0.3, 0.4) is 0 Å². The Labute approximate surface area is 50.5 Å². The molecule has 1 saturated heterocycles. The number of hydrogen-bond donors (Lipinski definition) is 1. The minimum Gasteiger partial charge on any atom is -0.316 e. The lowest BCUT2D eigenvalue weighted by molar-refractivity contribution is 0.509. The van der Waals surface area contributed by atoms with E-state index >= 15 is 0 Å². The van der Waals surface area contributed by atoms with Crippen molar-refractivity contribution >= 4 is 0 Å². The minimum absolute atomic E-state index is 1.06. The average Bonchev–Trinajstić information content (AvgIpc) is 2.49. The Morgan fingerprint density at radius 3 is 2.38 bits per heavy atom. The first kappa shape index (κ1) is 4.80. The van der Waals surface area contributed by atoms with E-state index in [1.807, 2.05) is 0 Å². The van der Waals surface area contributed by atoms with Crippen molar-refractivity contribution in [1.82, 2.24) is 5.32 Å². The van der Waals surface area contributed by atoms with Gasteiger partial charge in [0.25, 0.3) is 0 Å². The van der Waals surface area contributed by atoms with Crippen molar-refractivity contribution < 1.29 is 0 Å².